The fourth-order valence-corrected chi connectivity index (χ4v) is 1.67. The van der Waals surface area contributed by atoms with Gasteiger partial charge in [-0.25, -0.2) is 0 Å². The van der Waals surface area contributed by atoms with Gasteiger partial charge in [-0.05, 0) is 22.7 Å². The molecule has 0 saturated heterocycles. The van der Waals surface area contributed by atoms with Crippen molar-refractivity contribution in [3.63, 3.8) is 0 Å². The molecule has 0 fully saturated rings. The van der Waals surface area contributed by atoms with E-state index in [1.807, 2.05) is 0 Å². The Kier molecular flexibility index (Phi) is 3.67. The van der Waals surface area contributed by atoms with Crippen LogP contribution in [0.1, 0.15) is 11.1 Å². The minimum absolute atomic E-state index is 0.429. The van der Waals surface area contributed by atoms with Crippen molar-refractivity contribution in [1.29, 1.82) is 0 Å². The molecular formula is C13H8Cl2NO-. The van der Waals surface area contributed by atoms with Gasteiger partial charge in [-0.3, -0.25) is 0 Å². The third kappa shape index (κ3) is 2.78. The Balaban J connectivity index is 2.41. The number of rotatable bonds is 2. The van der Waals surface area contributed by atoms with E-state index in [1.165, 1.54) is 0 Å². The normalized spacial score (nSPS) is 11.5. The molecule has 0 amide bonds. The molecule has 0 bridgehead atoms. The SMILES string of the molecule is O/N=C(\c1[c-]cc(Cl)cc1)c1ccc(Cl)cc1. The van der Waals surface area contributed by atoms with Gasteiger partial charge in [0.1, 0.15) is 0 Å². The maximum Gasteiger partial charge on any atom is 0.0405 e. The van der Waals surface area contributed by atoms with Gasteiger partial charge < -0.3 is 5.21 Å². The molecule has 2 aromatic rings. The number of hydrogen-bond acceptors (Lipinski definition) is 2. The first kappa shape index (κ1) is 12.0. The highest BCUT2D eigenvalue weighted by Crippen LogP contribution is 2.16. The molecule has 0 radical (unpaired) electrons. The van der Waals surface area contributed by atoms with Crippen molar-refractivity contribution in [3.8, 4) is 0 Å². The molecule has 0 heterocycles. The standard InChI is InChI=1S/C13H8Cl2NO/c14-11-5-1-9(2-6-11)13(16-17)10-3-7-12(15)8-4-10/h1-3,5-8,17H/q-1/b16-13-. The summed E-state index contributed by atoms with van der Waals surface area (Å²) in [6, 6.07) is 15.1. The molecule has 0 atom stereocenters. The van der Waals surface area contributed by atoms with Crippen molar-refractivity contribution in [2.75, 3.05) is 0 Å². The molecule has 0 spiro atoms. The number of hydrogen-bond donors (Lipinski definition) is 1. The Bertz CT molecular complexity index is 485. The summed E-state index contributed by atoms with van der Waals surface area (Å²) in [7, 11) is 0. The second-order valence-corrected chi connectivity index (χ2v) is 4.25. The summed E-state index contributed by atoms with van der Waals surface area (Å²) < 4.78 is 0. The minimum Gasteiger partial charge on any atom is -0.419 e. The van der Waals surface area contributed by atoms with Gasteiger partial charge in [-0.15, -0.1) is 46.6 Å². The Labute approximate surface area is 109 Å². The third-order valence-electron chi connectivity index (χ3n) is 2.25. The van der Waals surface area contributed by atoms with E-state index in [-0.39, 0.29) is 0 Å². The van der Waals surface area contributed by atoms with E-state index in [0.29, 0.717) is 21.3 Å². The van der Waals surface area contributed by atoms with Crippen molar-refractivity contribution in [1.82, 2.24) is 0 Å². The van der Waals surface area contributed by atoms with Gasteiger partial charge in [0.25, 0.3) is 0 Å². The smallest absolute Gasteiger partial charge is 0.0405 e. The van der Waals surface area contributed by atoms with Gasteiger partial charge >= 0.3 is 0 Å². The number of oxime groups is 1. The summed E-state index contributed by atoms with van der Waals surface area (Å²) in [5, 5.41) is 13.6. The third-order valence-corrected chi connectivity index (χ3v) is 2.73. The lowest BCUT2D eigenvalue weighted by Gasteiger charge is -2.12. The number of nitrogens with zero attached hydrogens (tertiary/aromatic N) is 1. The van der Waals surface area contributed by atoms with E-state index in [1.54, 1.807) is 42.5 Å². The van der Waals surface area contributed by atoms with Crippen LogP contribution < -0.4 is 0 Å². The highest BCUT2D eigenvalue weighted by atomic mass is 35.5. The summed E-state index contributed by atoms with van der Waals surface area (Å²) in [6.45, 7) is 0. The lowest BCUT2D eigenvalue weighted by molar-refractivity contribution is 0.319. The van der Waals surface area contributed by atoms with E-state index in [4.69, 9.17) is 28.4 Å². The molecule has 2 rings (SSSR count). The molecule has 0 aliphatic rings. The van der Waals surface area contributed by atoms with Crippen molar-refractivity contribution in [2.24, 2.45) is 5.16 Å². The number of benzene rings is 2. The van der Waals surface area contributed by atoms with Gasteiger partial charge in [0, 0.05) is 10.7 Å². The molecule has 86 valence electrons. The molecule has 0 unspecified atom stereocenters. The quantitative estimate of drug-likeness (QED) is 0.378. The zero-order valence-electron chi connectivity index (χ0n) is 8.69. The summed E-state index contributed by atoms with van der Waals surface area (Å²) in [5.74, 6) is 0. The maximum absolute atomic E-state index is 9.07. The van der Waals surface area contributed by atoms with Crippen LogP contribution in [0.2, 0.25) is 10.0 Å². The van der Waals surface area contributed by atoms with Crippen LogP contribution in [0.25, 0.3) is 0 Å². The summed E-state index contributed by atoms with van der Waals surface area (Å²) in [6.07, 6.45) is 0. The first-order chi connectivity index (χ1) is 8.20. The Morgan fingerprint density at radius 3 is 2.18 bits per heavy atom. The predicted octanol–water partition coefficient (Wildman–Crippen LogP) is 4.02. The highest BCUT2D eigenvalue weighted by molar-refractivity contribution is 6.31. The first-order valence-electron chi connectivity index (χ1n) is 4.86. The van der Waals surface area contributed by atoms with E-state index < -0.39 is 0 Å². The molecule has 2 nitrogen and oxygen atoms in total. The van der Waals surface area contributed by atoms with Crippen molar-refractivity contribution < 1.29 is 5.21 Å². The zero-order valence-corrected chi connectivity index (χ0v) is 10.2. The topological polar surface area (TPSA) is 32.6 Å². The van der Waals surface area contributed by atoms with E-state index >= 15 is 0 Å². The molecule has 0 aliphatic carbocycles. The lowest BCUT2D eigenvalue weighted by Crippen LogP contribution is -2.03. The molecular weight excluding hydrogens is 257 g/mol. The van der Waals surface area contributed by atoms with Crippen LogP contribution in [-0.2, 0) is 0 Å². The number of halogens is 2. The van der Waals surface area contributed by atoms with Crippen LogP contribution in [0.5, 0.6) is 0 Å². The fourth-order valence-electron chi connectivity index (χ4n) is 1.43. The Morgan fingerprint density at radius 2 is 1.65 bits per heavy atom. The van der Waals surface area contributed by atoms with Crippen LogP contribution in [0.4, 0.5) is 0 Å². The summed E-state index contributed by atoms with van der Waals surface area (Å²) >= 11 is 11.6. The fraction of sp³-hybridized carbons (Fsp3) is 0. The van der Waals surface area contributed by atoms with E-state index in [9.17, 15) is 0 Å². The largest absolute Gasteiger partial charge is 0.419 e. The Morgan fingerprint density at radius 1 is 1.00 bits per heavy atom. The van der Waals surface area contributed by atoms with Crippen molar-refractivity contribution >= 4 is 28.9 Å². The molecule has 0 aromatic heterocycles. The van der Waals surface area contributed by atoms with Gasteiger partial charge in [0.15, 0.2) is 0 Å². The molecule has 2 aromatic carbocycles. The van der Waals surface area contributed by atoms with Crippen LogP contribution >= 0.6 is 23.2 Å². The van der Waals surface area contributed by atoms with Crippen molar-refractivity contribution in [2.45, 2.75) is 0 Å². The molecule has 1 N–H and O–H groups in total. The summed E-state index contributed by atoms with van der Waals surface area (Å²) in [4.78, 5) is 0. The summed E-state index contributed by atoms with van der Waals surface area (Å²) in [5.41, 5.74) is 1.85. The van der Waals surface area contributed by atoms with Gasteiger partial charge in [-0.1, -0.05) is 23.7 Å². The highest BCUT2D eigenvalue weighted by Gasteiger charge is 2.00. The monoisotopic (exact) mass is 264 g/mol. The second kappa shape index (κ2) is 5.21. The Hall–Kier alpha value is -1.51. The molecule has 17 heavy (non-hydrogen) atoms. The average Bonchev–Trinajstić information content (AvgIpc) is 2.35. The predicted molar refractivity (Wildman–Crippen MR) is 69.2 cm³/mol. The van der Waals surface area contributed by atoms with Gasteiger partial charge in [0.05, 0.1) is 0 Å². The minimum atomic E-state index is 0.429. The molecule has 0 saturated carbocycles. The van der Waals surface area contributed by atoms with E-state index in [2.05, 4.69) is 11.2 Å². The van der Waals surface area contributed by atoms with Gasteiger partial charge in [0.2, 0.25) is 0 Å². The van der Waals surface area contributed by atoms with Gasteiger partial charge in [-0.2, -0.15) is 0 Å². The zero-order chi connectivity index (χ0) is 12.3. The maximum atomic E-state index is 9.07. The molecule has 0 aliphatic heterocycles. The van der Waals surface area contributed by atoms with Crippen LogP contribution in [-0.4, -0.2) is 10.9 Å². The lowest BCUT2D eigenvalue weighted by atomic mass is 10.0. The van der Waals surface area contributed by atoms with Crippen molar-refractivity contribution in [3.05, 3.63) is 69.7 Å². The van der Waals surface area contributed by atoms with E-state index in [0.717, 1.165) is 5.56 Å². The molecule has 4 heteroatoms. The second-order valence-electron chi connectivity index (χ2n) is 3.38. The van der Waals surface area contributed by atoms with Crippen LogP contribution in [0.15, 0.2) is 47.6 Å². The van der Waals surface area contributed by atoms with Crippen LogP contribution in [0, 0.1) is 6.07 Å². The first-order valence-corrected chi connectivity index (χ1v) is 5.62. The average molecular weight is 265 g/mol. The van der Waals surface area contributed by atoms with Crippen LogP contribution in [0.3, 0.4) is 0 Å².